The van der Waals surface area contributed by atoms with E-state index in [1.54, 1.807) is 7.11 Å². The Bertz CT molecular complexity index is 278. The van der Waals surface area contributed by atoms with E-state index in [-0.39, 0.29) is 0 Å². The predicted octanol–water partition coefficient (Wildman–Crippen LogP) is 3.26. The Hall–Kier alpha value is -0.630. The first-order chi connectivity index (χ1) is 7.20. The van der Waals surface area contributed by atoms with Gasteiger partial charge in [0.2, 0.25) is 0 Å². The van der Waals surface area contributed by atoms with Gasteiger partial charge in [-0.05, 0) is 0 Å². The second-order valence-electron chi connectivity index (χ2n) is 3.33. The van der Waals surface area contributed by atoms with Gasteiger partial charge in [0.15, 0.2) is 0 Å². The van der Waals surface area contributed by atoms with Crippen molar-refractivity contribution in [1.29, 1.82) is 0 Å². The Labute approximate surface area is 91.9 Å². The minimum absolute atomic E-state index is 0.670. The molecular weight excluding hydrogens is 211 g/mol. The van der Waals surface area contributed by atoms with E-state index in [1.165, 1.54) is 0 Å². The molecule has 0 bridgehead atoms. The van der Waals surface area contributed by atoms with Crippen LogP contribution >= 0.6 is 7.94 Å². The topological polar surface area (TPSA) is 27.7 Å². The summed E-state index contributed by atoms with van der Waals surface area (Å²) in [5, 5.41) is 0. The van der Waals surface area contributed by atoms with Crippen molar-refractivity contribution in [3.63, 3.8) is 0 Å². The Morgan fingerprint density at radius 3 is 2.40 bits per heavy atom. The summed E-state index contributed by atoms with van der Waals surface area (Å²) in [5.74, 6) is 0.796. The third kappa shape index (κ3) is 4.17. The molecule has 15 heavy (non-hydrogen) atoms. The molecule has 0 N–H and O–H groups in total. The van der Waals surface area contributed by atoms with E-state index in [9.17, 15) is 0 Å². The van der Waals surface area contributed by atoms with E-state index in [0.717, 1.165) is 12.2 Å². The molecule has 86 valence electrons. The molecule has 4 heteroatoms. The maximum absolute atomic E-state index is 5.75. The van der Waals surface area contributed by atoms with Gasteiger partial charge in [-0.3, -0.25) is 0 Å². The quantitative estimate of drug-likeness (QED) is 0.702. The maximum atomic E-state index is 5.75. The Morgan fingerprint density at radius 2 is 1.87 bits per heavy atom. The zero-order valence-electron chi connectivity index (χ0n) is 9.53. The fourth-order valence-corrected chi connectivity index (χ4v) is 2.52. The SMILES string of the molecule is CCCO[PH](C)(OC)Oc1ccccc1. The second-order valence-corrected chi connectivity index (χ2v) is 5.96. The summed E-state index contributed by atoms with van der Waals surface area (Å²) >= 11 is 0. The van der Waals surface area contributed by atoms with Crippen LogP contribution in [0, 0.1) is 0 Å². The molecule has 1 aromatic carbocycles. The van der Waals surface area contributed by atoms with Crippen LogP contribution in [0.15, 0.2) is 30.3 Å². The molecule has 0 radical (unpaired) electrons. The molecule has 1 rings (SSSR count). The summed E-state index contributed by atoms with van der Waals surface area (Å²) in [6.07, 6.45) is 0.962. The van der Waals surface area contributed by atoms with Crippen molar-refractivity contribution in [2.45, 2.75) is 13.3 Å². The molecule has 3 nitrogen and oxygen atoms in total. The van der Waals surface area contributed by atoms with Gasteiger partial charge in [-0.2, -0.15) is 0 Å². The van der Waals surface area contributed by atoms with Crippen LogP contribution in [0.2, 0.25) is 0 Å². The number of rotatable bonds is 6. The van der Waals surface area contributed by atoms with Gasteiger partial charge < -0.3 is 0 Å². The van der Waals surface area contributed by atoms with Gasteiger partial charge >= 0.3 is 91.3 Å². The molecule has 0 saturated carbocycles. The van der Waals surface area contributed by atoms with Crippen LogP contribution in [0.5, 0.6) is 5.75 Å². The van der Waals surface area contributed by atoms with Crippen LogP contribution in [0.1, 0.15) is 13.3 Å². The van der Waals surface area contributed by atoms with E-state index >= 15 is 0 Å². The van der Waals surface area contributed by atoms with Crippen LogP contribution in [-0.4, -0.2) is 20.4 Å². The normalized spacial score (nSPS) is 12.5. The number of para-hydroxylation sites is 1. The summed E-state index contributed by atoms with van der Waals surface area (Å²) in [4.78, 5) is 0. The van der Waals surface area contributed by atoms with E-state index in [4.69, 9.17) is 13.6 Å². The van der Waals surface area contributed by atoms with E-state index < -0.39 is 7.94 Å². The minimum atomic E-state index is -2.49. The van der Waals surface area contributed by atoms with Gasteiger partial charge in [0.05, 0.1) is 0 Å². The molecule has 0 heterocycles. The van der Waals surface area contributed by atoms with Crippen molar-refractivity contribution in [3.05, 3.63) is 30.3 Å². The first-order valence-corrected chi connectivity index (χ1v) is 7.36. The van der Waals surface area contributed by atoms with Crippen LogP contribution in [-0.2, 0) is 9.05 Å². The average molecular weight is 230 g/mol. The summed E-state index contributed by atoms with van der Waals surface area (Å²) in [6.45, 7) is 4.63. The molecule has 0 fully saturated rings. The Morgan fingerprint density at radius 1 is 1.20 bits per heavy atom. The molecule has 0 unspecified atom stereocenters. The van der Waals surface area contributed by atoms with Crippen molar-refractivity contribution < 1.29 is 13.6 Å². The van der Waals surface area contributed by atoms with Crippen molar-refractivity contribution >= 4 is 7.94 Å². The number of hydrogen-bond acceptors (Lipinski definition) is 3. The molecule has 0 aliphatic heterocycles. The molecule has 0 aliphatic rings. The third-order valence-electron chi connectivity index (χ3n) is 1.99. The van der Waals surface area contributed by atoms with Gasteiger partial charge in [-0.1, -0.05) is 0 Å². The molecule has 1 aromatic rings. The summed E-state index contributed by atoms with van der Waals surface area (Å²) in [5.41, 5.74) is 0. The number of hydrogen-bond donors (Lipinski definition) is 0. The van der Waals surface area contributed by atoms with Crippen molar-refractivity contribution in [2.24, 2.45) is 0 Å². The molecule has 0 aliphatic carbocycles. The molecule has 0 aromatic heterocycles. The summed E-state index contributed by atoms with van der Waals surface area (Å²) in [7, 11) is -0.855. The van der Waals surface area contributed by atoms with E-state index in [0.29, 0.717) is 6.61 Å². The van der Waals surface area contributed by atoms with Crippen LogP contribution in [0.3, 0.4) is 0 Å². The average Bonchev–Trinajstić information content (AvgIpc) is 2.28. The van der Waals surface area contributed by atoms with Crippen LogP contribution in [0.4, 0.5) is 0 Å². The second kappa shape index (κ2) is 6.06. The van der Waals surface area contributed by atoms with Gasteiger partial charge in [0, 0.05) is 0 Å². The van der Waals surface area contributed by atoms with Crippen LogP contribution < -0.4 is 4.52 Å². The monoisotopic (exact) mass is 230 g/mol. The molecular formula is C11H19O3P. The Balaban J connectivity index is 2.59. The molecule has 0 atom stereocenters. The predicted molar refractivity (Wildman–Crippen MR) is 64.6 cm³/mol. The number of benzene rings is 1. The van der Waals surface area contributed by atoms with Gasteiger partial charge in [0.25, 0.3) is 0 Å². The summed E-state index contributed by atoms with van der Waals surface area (Å²) in [6, 6.07) is 9.61. The van der Waals surface area contributed by atoms with Crippen molar-refractivity contribution in [3.8, 4) is 5.75 Å². The zero-order chi connectivity index (χ0) is 11.1. The fraction of sp³-hybridized carbons (Fsp3) is 0.455. The Kier molecular flexibility index (Phi) is 5.03. The standard InChI is InChI=1S/C11H19O3P/c1-4-10-13-15(3,12-2)14-11-8-6-5-7-9-11/h5-9,15H,4,10H2,1-3H3. The first kappa shape index (κ1) is 12.4. The first-order valence-electron chi connectivity index (χ1n) is 5.13. The molecule has 0 saturated heterocycles. The molecule has 0 amide bonds. The van der Waals surface area contributed by atoms with Gasteiger partial charge in [0.1, 0.15) is 0 Å². The fourth-order valence-electron chi connectivity index (χ4n) is 1.12. The zero-order valence-corrected chi connectivity index (χ0v) is 10.5. The summed E-state index contributed by atoms with van der Waals surface area (Å²) < 4.78 is 16.7. The van der Waals surface area contributed by atoms with Crippen molar-refractivity contribution in [2.75, 3.05) is 20.4 Å². The van der Waals surface area contributed by atoms with E-state index in [2.05, 4.69) is 6.92 Å². The van der Waals surface area contributed by atoms with Crippen molar-refractivity contribution in [1.82, 2.24) is 0 Å². The molecule has 0 spiro atoms. The van der Waals surface area contributed by atoms with E-state index in [1.807, 2.05) is 37.0 Å². The van der Waals surface area contributed by atoms with Crippen LogP contribution in [0.25, 0.3) is 0 Å². The van der Waals surface area contributed by atoms with Gasteiger partial charge in [-0.15, -0.1) is 0 Å². The van der Waals surface area contributed by atoms with Gasteiger partial charge in [-0.25, -0.2) is 0 Å². The third-order valence-corrected chi connectivity index (χ3v) is 4.06.